The summed E-state index contributed by atoms with van der Waals surface area (Å²) in [5.74, 6) is 0.933. The molecule has 0 saturated heterocycles. The summed E-state index contributed by atoms with van der Waals surface area (Å²) in [5, 5.41) is 3.56. The number of hydrogen-bond acceptors (Lipinski definition) is 2. The van der Waals surface area contributed by atoms with Gasteiger partial charge < -0.3 is 10.1 Å². The third kappa shape index (κ3) is 5.95. The second kappa shape index (κ2) is 7.02. The van der Waals surface area contributed by atoms with Crippen molar-refractivity contribution >= 4 is 0 Å². The van der Waals surface area contributed by atoms with Crippen molar-refractivity contribution in [3.05, 3.63) is 12.2 Å². The van der Waals surface area contributed by atoms with Crippen LogP contribution in [0.25, 0.3) is 0 Å². The van der Waals surface area contributed by atoms with E-state index in [2.05, 4.69) is 18.8 Å². The van der Waals surface area contributed by atoms with Crippen LogP contribution in [0.15, 0.2) is 12.2 Å². The van der Waals surface area contributed by atoms with Crippen molar-refractivity contribution < 1.29 is 4.74 Å². The molecule has 15 heavy (non-hydrogen) atoms. The second-order valence-electron chi connectivity index (χ2n) is 4.92. The highest BCUT2D eigenvalue weighted by Gasteiger charge is 2.16. The molecule has 0 atom stereocenters. The van der Waals surface area contributed by atoms with Crippen molar-refractivity contribution in [2.45, 2.75) is 45.6 Å². The summed E-state index contributed by atoms with van der Waals surface area (Å²) in [6.07, 6.45) is 5.43. The Kier molecular flexibility index (Phi) is 5.96. The summed E-state index contributed by atoms with van der Waals surface area (Å²) in [4.78, 5) is 0. The molecule has 1 saturated carbocycles. The monoisotopic (exact) mass is 211 g/mol. The standard InChI is InChI=1S/C13H25NO/c1-11(2)10-15-9-8-14-13-6-4-12(3)5-7-13/h12-14H,1,4-10H2,2-3H3. The highest BCUT2D eigenvalue weighted by Crippen LogP contribution is 2.23. The van der Waals surface area contributed by atoms with E-state index in [-0.39, 0.29) is 0 Å². The van der Waals surface area contributed by atoms with Crippen LogP contribution in [-0.2, 0) is 4.74 Å². The first-order valence-corrected chi connectivity index (χ1v) is 6.14. The maximum absolute atomic E-state index is 5.45. The van der Waals surface area contributed by atoms with Crippen molar-refractivity contribution in [1.82, 2.24) is 5.32 Å². The molecule has 1 fully saturated rings. The first-order chi connectivity index (χ1) is 7.18. The van der Waals surface area contributed by atoms with E-state index in [0.29, 0.717) is 6.61 Å². The fourth-order valence-electron chi connectivity index (χ4n) is 2.05. The highest BCUT2D eigenvalue weighted by molar-refractivity contribution is 4.87. The number of ether oxygens (including phenoxy) is 1. The quantitative estimate of drug-likeness (QED) is 0.539. The van der Waals surface area contributed by atoms with Gasteiger partial charge in [0.05, 0.1) is 13.2 Å². The molecule has 0 radical (unpaired) electrons. The van der Waals surface area contributed by atoms with Gasteiger partial charge in [-0.2, -0.15) is 0 Å². The first-order valence-electron chi connectivity index (χ1n) is 6.14. The average Bonchev–Trinajstić information content (AvgIpc) is 2.20. The topological polar surface area (TPSA) is 21.3 Å². The second-order valence-corrected chi connectivity index (χ2v) is 4.92. The minimum absolute atomic E-state index is 0.698. The fraction of sp³-hybridized carbons (Fsp3) is 0.846. The molecular weight excluding hydrogens is 186 g/mol. The van der Waals surface area contributed by atoms with E-state index in [1.165, 1.54) is 25.7 Å². The third-order valence-electron chi connectivity index (χ3n) is 3.04. The van der Waals surface area contributed by atoms with Gasteiger partial charge in [0.15, 0.2) is 0 Å². The van der Waals surface area contributed by atoms with Gasteiger partial charge >= 0.3 is 0 Å². The Hall–Kier alpha value is -0.340. The number of rotatable bonds is 6. The SMILES string of the molecule is C=C(C)COCCNC1CCC(C)CC1. The Morgan fingerprint density at radius 2 is 2.00 bits per heavy atom. The lowest BCUT2D eigenvalue weighted by atomic mass is 9.87. The van der Waals surface area contributed by atoms with Crippen LogP contribution in [-0.4, -0.2) is 25.8 Å². The van der Waals surface area contributed by atoms with Crippen molar-refractivity contribution in [2.75, 3.05) is 19.8 Å². The van der Waals surface area contributed by atoms with Gasteiger partial charge in [0.2, 0.25) is 0 Å². The van der Waals surface area contributed by atoms with Gasteiger partial charge in [0.25, 0.3) is 0 Å². The molecule has 1 N–H and O–H groups in total. The molecular formula is C13H25NO. The maximum Gasteiger partial charge on any atom is 0.0672 e. The van der Waals surface area contributed by atoms with E-state index in [4.69, 9.17) is 4.74 Å². The average molecular weight is 211 g/mol. The van der Waals surface area contributed by atoms with E-state index in [1.54, 1.807) is 0 Å². The van der Waals surface area contributed by atoms with Crippen molar-refractivity contribution in [1.29, 1.82) is 0 Å². The van der Waals surface area contributed by atoms with Crippen LogP contribution >= 0.6 is 0 Å². The number of hydrogen-bond donors (Lipinski definition) is 1. The summed E-state index contributed by atoms with van der Waals surface area (Å²) in [6, 6.07) is 0.731. The van der Waals surface area contributed by atoms with Crippen LogP contribution in [0.1, 0.15) is 39.5 Å². The van der Waals surface area contributed by atoms with E-state index in [0.717, 1.165) is 30.7 Å². The van der Waals surface area contributed by atoms with Crippen LogP contribution in [0.5, 0.6) is 0 Å². The van der Waals surface area contributed by atoms with Crippen LogP contribution < -0.4 is 5.32 Å². The minimum Gasteiger partial charge on any atom is -0.376 e. The van der Waals surface area contributed by atoms with Crippen LogP contribution in [0.2, 0.25) is 0 Å². The van der Waals surface area contributed by atoms with E-state index >= 15 is 0 Å². The predicted molar refractivity (Wildman–Crippen MR) is 65.1 cm³/mol. The molecule has 0 aromatic carbocycles. The van der Waals surface area contributed by atoms with Crippen LogP contribution in [0, 0.1) is 5.92 Å². The molecule has 0 aromatic rings. The molecule has 2 heteroatoms. The lowest BCUT2D eigenvalue weighted by Crippen LogP contribution is -2.35. The Morgan fingerprint density at radius 3 is 2.60 bits per heavy atom. The third-order valence-corrected chi connectivity index (χ3v) is 3.04. The smallest absolute Gasteiger partial charge is 0.0672 e. The largest absolute Gasteiger partial charge is 0.376 e. The maximum atomic E-state index is 5.45. The molecule has 0 amide bonds. The summed E-state index contributed by atoms with van der Waals surface area (Å²) < 4.78 is 5.45. The van der Waals surface area contributed by atoms with Crippen LogP contribution in [0.4, 0.5) is 0 Å². The summed E-state index contributed by atoms with van der Waals surface area (Å²) in [6.45, 7) is 10.6. The molecule has 1 aliphatic carbocycles. The lowest BCUT2D eigenvalue weighted by Gasteiger charge is -2.26. The molecule has 0 spiro atoms. The zero-order valence-electron chi connectivity index (χ0n) is 10.2. The van der Waals surface area contributed by atoms with Gasteiger partial charge in [-0.1, -0.05) is 19.1 Å². The van der Waals surface area contributed by atoms with Gasteiger partial charge in [-0.15, -0.1) is 0 Å². The minimum atomic E-state index is 0.698. The zero-order chi connectivity index (χ0) is 11.1. The summed E-state index contributed by atoms with van der Waals surface area (Å²) >= 11 is 0. The van der Waals surface area contributed by atoms with Gasteiger partial charge in [-0.05, 0) is 38.5 Å². The molecule has 2 nitrogen and oxygen atoms in total. The molecule has 1 aliphatic rings. The summed E-state index contributed by atoms with van der Waals surface area (Å²) in [5.41, 5.74) is 1.10. The van der Waals surface area contributed by atoms with E-state index in [1.807, 2.05) is 6.92 Å². The van der Waals surface area contributed by atoms with E-state index < -0.39 is 0 Å². The van der Waals surface area contributed by atoms with Gasteiger partial charge in [0, 0.05) is 12.6 Å². The lowest BCUT2D eigenvalue weighted by molar-refractivity contribution is 0.152. The Morgan fingerprint density at radius 1 is 1.33 bits per heavy atom. The Labute approximate surface area is 94.1 Å². The predicted octanol–water partition coefficient (Wildman–Crippen LogP) is 2.75. The Balaban J connectivity index is 1.94. The Bertz CT molecular complexity index is 183. The molecule has 0 aliphatic heterocycles. The van der Waals surface area contributed by atoms with Crippen molar-refractivity contribution in [3.63, 3.8) is 0 Å². The molecule has 0 bridgehead atoms. The zero-order valence-corrected chi connectivity index (χ0v) is 10.2. The molecule has 1 rings (SSSR count). The normalized spacial score (nSPS) is 26.5. The van der Waals surface area contributed by atoms with Crippen molar-refractivity contribution in [2.24, 2.45) is 5.92 Å². The molecule has 88 valence electrons. The van der Waals surface area contributed by atoms with Gasteiger partial charge in [-0.25, -0.2) is 0 Å². The van der Waals surface area contributed by atoms with Crippen LogP contribution in [0.3, 0.4) is 0 Å². The molecule has 0 aromatic heterocycles. The molecule has 0 unspecified atom stereocenters. The molecule has 0 heterocycles. The van der Waals surface area contributed by atoms with Gasteiger partial charge in [0.1, 0.15) is 0 Å². The first kappa shape index (κ1) is 12.7. The number of nitrogens with one attached hydrogen (secondary N) is 1. The van der Waals surface area contributed by atoms with Crippen molar-refractivity contribution in [3.8, 4) is 0 Å². The summed E-state index contributed by atoms with van der Waals surface area (Å²) in [7, 11) is 0. The highest BCUT2D eigenvalue weighted by atomic mass is 16.5. The fourth-order valence-corrected chi connectivity index (χ4v) is 2.05. The van der Waals surface area contributed by atoms with E-state index in [9.17, 15) is 0 Å². The van der Waals surface area contributed by atoms with Gasteiger partial charge in [-0.3, -0.25) is 0 Å².